The van der Waals surface area contributed by atoms with Crippen molar-refractivity contribution in [2.45, 2.75) is 25.6 Å². The molecule has 5 rings (SSSR count). The summed E-state index contributed by atoms with van der Waals surface area (Å²) in [6.07, 6.45) is 0. The molecule has 34 heavy (non-hydrogen) atoms. The summed E-state index contributed by atoms with van der Waals surface area (Å²) in [5.74, 6) is 1.55. The van der Waals surface area contributed by atoms with Crippen LogP contribution >= 0.6 is 0 Å². The second-order valence-electron chi connectivity index (χ2n) is 9.21. The highest BCUT2D eigenvalue weighted by Crippen LogP contribution is 2.36. The van der Waals surface area contributed by atoms with Crippen molar-refractivity contribution in [1.29, 1.82) is 0 Å². The lowest BCUT2D eigenvalue weighted by atomic mass is 9.95. The fourth-order valence-corrected chi connectivity index (χ4v) is 5.17. The van der Waals surface area contributed by atoms with Gasteiger partial charge in [0.25, 0.3) is 0 Å². The molecule has 4 aromatic rings. The molecule has 2 heterocycles. The SMILES string of the molecule is Cc1oc(-c2ccccc2)cc1C(C)(O)N1CCN(C(c2ccccc2)c2ccccc2)CC1. The number of benzene rings is 3. The lowest BCUT2D eigenvalue weighted by Crippen LogP contribution is -2.55. The molecule has 1 aromatic heterocycles. The number of hydrogen-bond acceptors (Lipinski definition) is 4. The Balaban J connectivity index is 1.36. The van der Waals surface area contributed by atoms with Crippen LogP contribution in [0.15, 0.2) is 101 Å². The Labute approximate surface area is 202 Å². The molecule has 1 N–H and O–H groups in total. The van der Waals surface area contributed by atoms with E-state index >= 15 is 0 Å². The standard InChI is InChI=1S/C30H32N2O2/c1-23-27(22-28(34-23)24-12-6-3-7-13-24)30(2,33)32-20-18-31(19-21-32)29(25-14-8-4-9-15-25)26-16-10-5-11-17-26/h3-17,22,29,33H,18-21H2,1-2H3. The van der Waals surface area contributed by atoms with E-state index in [0.29, 0.717) is 0 Å². The van der Waals surface area contributed by atoms with Crippen LogP contribution in [0.3, 0.4) is 0 Å². The Hall–Kier alpha value is -3.18. The van der Waals surface area contributed by atoms with Crippen LogP contribution in [0.1, 0.15) is 35.4 Å². The van der Waals surface area contributed by atoms with Gasteiger partial charge in [0.15, 0.2) is 0 Å². The zero-order valence-corrected chi connectivity index (χ0v) is 19.9. The number of aliphatic hydroxyl groups is 1. The minimum absolute atomic E-state index is 0.204. The van der Waals surface area contributed by atoms with Gasteiger partial charge in [-0.1, -0.05) is 91.0 Å². The molecule has 0 amide bonds. The fourth-order valence-electron chi connectivity index (χ4n) is 5.17. The zero-order chi connectivity index (χ0) is 23.5. The topological polar surface area (TPSA) is 39.9 Å². The van der Waals surface area contributed by atoms with Gasteiger partial charge >= 0.3 is 0 Å². The van der Waals surface area contributed by atoms with Crippen LogP contribution in [-0.4, -0.2) is 41.1 Å². The molecule has 1 unspecified atom stereocenters. The van der Waals surface area contributed by atoms with Crippen LogP contribution in [0.4, 0.5) is 0 Å². The van der Waals surface area contributed by atoms with E-state index in [1.54, 1.807) is 0 Å². The molecule has 4 nitrogen and oxygen atoms in total. The first-order chi connectivity index (χ1) is 16.5. The number of nitrogens with zero attached hydrogens (tertiary/aromatic N) is 2. The summed E-state index contributed by atoms with van der Waals surface area (Å²) in [5, 5.41) is 11.7. The van der Waals surface area contributed by atoms with Gasteiger partial charge in [-0.3, -0.25) is 9.80 Å². The van der Waals surface area contributed by atoms with Crippen LogP contribution in [-0.2, 0) is 5.72 Å². The maximum Gasteiger partial charge on any atom is 0.145 e. The number of rotatable bonds is 6. The van der Waals surface area contributed by atoms with Crippen molar-refractivity contribution in [3.63, 3.8) is 0 Å². The molecule has 0 saturated carbocycles. The minimum atomic E-state index is -1.10. The third-order valence-electron chi connectivity index (χ3n) is 7.01. The van der Waals surface area contributed by atoms with Crippen molar-refractivity contribution in [3.05, 3.63) is 120 Å². The molecular formula is C30H32N2O2. The Morgan fingerprint density at radius 2 is 1.26 bits per heavy atom. The largest absolute Gasteiger partial charge is 0.461 e. The molecule has 0 spiro atoms. The van der Waals surface area contributed by atoms with Gasteiger partial charge < -0.3 is 9.52 Å². The predicted octanol–water partition coefficient (Wildman–Crippen LogP) is 5.83. The molecule has 0 bridgehead atoms. The number of aryl methyl sites for hydroxylation is 1. The normalized spacial score (nSPS) is 17.1. The van der Waals surface area contributed by atoms with Gasteiger partial charge in [-0.2, -0.15) is 0 Å². The van der Waals surface area contributed by atoms with E-state index in [0.717, 1.165) is 48.8 Å². The Morgan fingerprint density at radius 3 is 1.79 bits per heavy atom. The van der Waals surface area contributed by atoms with E-state index in [9.17, 15) is 5.11 Å². The van der Waals surface area contributed by atoms with Crippen molar-refractivity contribution in [2.75, 3.05) is 26.2 Å². The third-order valence-corrected chi connectivity index (χ3v) is 7.01. The highest BCUT2D eigenvalue weighted by atomic mass is 16.3. The molecule has 1 aliphatic rings. The van der Waals surface area contributed by atoms with Crippen LogP contribution in [0.25, 0.3) is 11.3 Å². The maximum absolute atomic E-state index is 11.7. The van der Waals surface area contributed by atoms with Gasteiger partial charge in [0.05, 0.1) is 6.04 Å². The second kappa shape index (κ2) is 9.59. The Morgan fingerprint density at radius 1 is 0.765 bits per heavy atom. The highest BCUT2D eigenvalue weighted by Gasteiger charge is 2.38. The summed E-state index contributed by atoms with van der Waals surface area (Å²) < 4.78 is 6.06. The van der Waals surface area contributed by atoms with E-state index in [1.165, 1.54) is 11.1 Å². The van der Waals surface area contributed by atoms with Crippen molar-refractivity contribution in [1.82, 2.24) is 9.80 Å². The molecule has 3 aromatic carbocycles. The van der Waals surface area contributed by atoms with Gasteiger partial charge in [-0.15, -0.1) is 0 Å². The summed E-state index contributed by atoms with van der Waals surface area (Å²) in [5.41, 5.74) is 3.36. The number of hydrogen-bond donors (Lipinski definition) is 1. The van der Waals surface area contributed by atoms with Gasteiger partial charge in [-0.05, 0) is 31.0 Å². The number of piperazine rings is 1. The average Bonchev–Trinajstić information content (AvgIpc) is 3.29. The average molecular weight is 453 g/mol. The zero-order valence-electron chi connectivity index (χ0n) is 19.9. The highest BCUT2D eigenvalue weighted by molar-refractivity contribution is 5.59. The first-order valence-corrected chi connectivity index (χ1v) is 12.0. The van der Waals surface area contributed by atoms with Crippen LogP contribution in [0.5, 0.6) is 0 Å². The first-order valence-electron chi connectivity index (χ1n) is 12.0. The van der Waals surface area contributed by atoms with E-state index in [2.05, 4.69) is 70.5 Å². The quantitative estimate of drug-likeness (QED) is 0.400. The van der Waals surface area contributed by atoms with Crippen LogP contribution in [0.2, 0.25) is 0 Å². The Kier molecular flexibility index (Phi) is 6.38. The van der Waals surface area contributed by atoms with E-state index in [-0.39, 0.29) is 6.04 Å². The van der Waals surface area contributed by atoms with Gasteiger partial charge in [-0.25, -0.2) is 0 Å². The molecule has 1 fully saturated rings. The van der Waals surface area contributed by atoms with Crippen molar-refractivity contribution in [3.8, 4) is 11.3 Å². The van der Waals surface area contributed by atoms with Crippen molar-refractivity contribution in [2.24, 2.45) is 0 Å². The molecule has 1 aliphatic heterocycles. The summed E-state index contributed by atoms with van der Waals surface area (Å²) in [4.78, 5) is 4.69. The summed E-state index contributed by atoms with van der Waals surface area (Å²) in [6, 6.07) is 33.7. The second-order valence-corrected chi connectivity index (χ2v) is 9.21. The third kappa shape index (κ3) is 4.45. The molecule has 4 heteroatoms. The van der Waals surface area contributed by atoms with Crippen molar-refractivity contribution < 1.29 is 9.52 Å². The number of furan rings is 1. The maximum atomic E-state index is 11.7. The summed E-state index contributed by atoms with van der Waals surface area (Å²) >= 11 is 0. The summed E-state index contributed by atoms with van der Waals surface area (Å²) in [6.45, 7) is 7.11. The molecule has 1 atom stereocenters. The Bertz CT molecular complexity index is 1160. The predicted molar refractivity (Wildman–Crippen MR) is 136 cm³/mol. The monoisotopic (exact) mass is 452 g/mol. The molecule has 0 radical (unpaired) electrons. The minimum Gasteiger partial charge on any atom is -0.461 e. The van der Waals surface area contributed by atoms with Gasteiger partial charge in [0, 0.05) is 37.3 Å². The fraction of sp³-hybridized carbons (Fsp3) is 0.267. The smallest absolute Gasteiger partial charge is 0.145 e. The van der Waals surface area contributed by atoms with Gasteiger partial charge in [0.2, 0.25) is 0 Å². The van der Waals surface area contributed by atoms with E-state index < -0.39 is 5.72 Å². The lowest BCUT2D eigenvalue weighted by Gasteiger charge is -2.45. The first kappa shape index (κ1) is 22.6. The molecular weight excluding hydrogens is 420 g/mol. The van der Waals surface area contributed by atoms with Gasteiger partial charge in [0.1, 0.15) is 17.2 Å². The molecule has 174 valence electrons. The van der Waals surface area contributed by atoms with E-state index in [1.807, 2.05) is 50.2 Å². The van der Waals surface area contributed by atoms with Crippen LogP contribution < -0.4 is 0 Å². The van der Waals surface area contributed by atoms with Crippen LogP contribution in [0, 0.1) is 6.92 Å². The lowest BCUT2D eigenvalue weighted by molar-refractivity contribution is -0.120. The molecule has 1 saturated heterocycles. The summed E-state index contributed by atoms with van der Waals surface area (Å²) in [7, 11) is 0. The molecule has 0 aliphatic carbocycles. The van der Waals surface area contributed by atoms with E-state index in [4.69, 9.17) is 4.42 Å². The van der Waals surface area contributed by atoms with Crippen molar-refractivity contribution >= 4 is 0 Å².